The smallest absolute Gasteiger partial charge is 0.293 e. The number of benzene rings is 1. The molecular weight excluding hydrogens is 354 g/mol. The van der Waals surface area contributed by atoms with E-state index in [4.69, 9.17) is 4.74 Å². The lowest BCUT2D eigenvalue weighted by atomic mass is 10.2. The number of rotatable bonds is 6. The molecule has 134 valence electrons. The summed E-state index contributed by atoms with van der Waals surface area (Å²) in [6, 6.07) is 9.12. The molecule has 1 amide bonds. The molecular formula is C18H17N3O4S. The monoisotopic (exact) mass is 371 g/mol. The van der Waals surface area contributed by atoms with E-state index in [1.807, 2.05) is 29.0 Å². The molecule has 0 atom stereocenters. The van der Waals surface area contributed by atoms with E-state index in [-0.39, 0.29) is 12.2 Å². The minimum atomic E-state index is -0.739. The summed E-state index contributed by atoms with van der Waals surface area (Å²) in [6.45, 7) is 0.212. The lowest BCUT2D eigenvalue weighted by Gasteiger charge is -2.08. The van der Waals surface area contributed by atoms with Gasteiger partial charge in [0.15, 0.2) is 5.69 Å². The summed E-state index contributed by atoms with van der Waals surface area (Å²) in [5, 5.41) is 16.4. The first kappa shape index (κ1) is 17.7. The first-order chi connectivity index (χ1) is 12.6. The van der Waals surface area contributed by atoms with E-state index in [1.54, 1.807) is 19.2 Å². The fraction of sp³-hybridized carbons (Fsp3) is 0.167. The molecule has 0 unspecified atom stereocenters. The lowest BCUT2D eigenvalue weighted by molar-refractivity contribution is 0.0942. The van der Waals surface area contributed by atoms with Gasteiger partial charge in [-0.2, -0.15) is 11.3 Å². The molecule has 1 aromatic carbocycles. The summed E-state index contributed by atoms with van der Waals surface area (Å²) in [4.78, 5) is 30.9. The Morgan fingerprint density at radius 3 is 2.92 bits per heavy atom. The number of carbonyl (C=O) groups excluding carboxylic acids is 1. The van der Waals surface area contributed by atoms with Gasteiger partial charge in [-0.1, -0.05) is 12.1 Å². The van der Waals surface area contributed by atoms with E-state index in [9.17, 15) is 14.7 Å². The molecule has 3 rings (SSSR count). The molecule has 0 bridgehead atoms. The van der Waals surface area contributed by atoms with Gasteiger partial charge in [0.05, 0.1) is 7.11 Å². The van der Waals surface area contributed by atoms with Crippen LogP contribution in [0.4, 0.5) is 0 Å². The van der Waals surface area contributed by atoms with Gasteiger partial charge in [-0.05, 0) is 40.1 Å². The third-order valence-corrected chi connectivity index (χ3v) is 4.43. The highest BCUT2D eigenvalue weighted by molar-refractivity contribution is 7.07. The third kappa shape index (κ3) is 4.09. The number of H-pyrrole nitrogens is 1. The van der Waals surface area contributed by atoms with Gasteiger partial charge in [0.1, 0.15) is 11.6 Å². The van der Waals surface area contributed by atoms with Gasteiger partial charge in [-0.25, -0.2) is 4.98 Å². The van der Waals surface area contributed by atoms with Crippen molar-refractivity contribution in [2.75, 3.05) is 7.11 Å². The number of aromatic amines is 1. The SMILES string of the molecule is COc1cccc(CNC(=O)c2nc(Cc3ccsc3)[nH]c(=O)c2O)c1. The van der Waals surface area contributed by atoms with E-state index in [0.29, 0.717) is 18.0 Å². The third-order valence-electron chi connectivity index (χ3n) is 3.70. The molecule has 3 N–H and O–H groups in total. The number of hydrogen-bond acceptors (Lipinski definition) is 6. The average Bonchev–Trinajstić information content (AvgIpc) is 3.15. The van der Waals surface area contributed by atoms with Gasteiger partial charge in [0, 0.05) is 13.0 Å². The number of nitrogens with zero attached hydrogens (tertiary/aromatic N) is 1. The summed E-state index contributed by atoms with van der Waals surface area (Å²) in [6.07, 6.45) is 0.370. The van der Waals surface area contributed by atoms with Crippen molar-refractivity contribution in [3.8, 4) is 11.5 Å². The zero-order valence-corrected chi connectivity index (χ0v) is 14.8. The molecule has 2 heterocycles. The maximum absolute atomic E-state index is 12.4. The van der Waals surface area contributed by atoms with Crippen LogP contribution in [0.25, 0.3) is 0 Å². The Bertz CT molecular complexity index is 967. The van der Waals surface area contributed by atoms with Gasteiger partial charge in [-0.3, -0.25) is 9.59 Å². The van der Waals surface area contributed by atoms with Crippen LogP contribution in [0.15, 0.2) is 45.9 Å². The normalized spacial score (nSPS) is 10.5. The molecule has 7 nitrogen and oxygen atoms in total. The first-order valence-corrected chi connectivity index (χ1v) is 8.75. The van der Waals surface area contributed by atoms with Gasteiger partial charge >= 0.3 is 0 Å². The van der Waals surface area contributed by atoms with Gasteiger partial charge in [0.2, 0.25) is 5.75 Å². The van der Waals surface area contributed by atoms with E-state index in [1.165, 1.54) is 11.3 Å². The van der Waals surface area contributed by atoms with Crippen molar-refractivity contribution in [1.29, 1.82) is 0 Å². The summed E-state index contributed by atoms with van der Waals surface area (Å²) in [5.41, 5.74) is 0.755. The topological polar surface area (TPSA) is 104 Å². The Kier molecular flexibility index (Phi) is 5.33. The predicted octanol–water partition coefficient (Wildman–Crippen LogP) is 2.07. The van der Waals surface area contributed by atoms with Gasteiger partial charge < -0.3 is 20.1 Å². The number of amides is 1. The average molecular weight is 371 g/mol. The molecule has 0 saturated heterocycles. The van der Waals surface area contributed by atoms with Crippen molar-refractivity contribution in [2.45, 2.75) is 13.0 Å². The van der Waals surface area contributed by atoms with E-state index >= 15 is 0 Å². The van der Waals surface area contributed by atoms with Crippen LogP contribution in [-0.2, 0) is 13.0 Å². The van der Waals surface area contributed by atoms with E-state index in [2.05, 4.69) is 15.3 Å². The van der Waals surface area contributed by atoms with E-state index < -0.39 is 17.2 Å². The number of nitrogens with one attached hydrogen (secondary N) is 2. The summed E-state index contributed by atoms with van der Waals surface area (Å²) < 4.78 is 5.14. The van der Waals surface area contributed by atoms with Crippen LogP contribution in [0.1, 0.15) is 27.4 Å². The van der Waals surface area contributed by atoms with Crippen LogP contribution in [0.2, 0.25) is 0 Å². The molecule has 3 aromatic rings. The highest BCUT2D eigenvalue weighted by atomic mass is 32.1. The number of ether oxygens (including phenoxy) is 1. The Morgan fingerprint density at radius 2 is 2.19 bits per heavy atom. The number of aromatic nitrogens is 2. The molecule has 0 aliphatic heterocycles. The van der Waals surface area contributed by atoms with Crippen LogP contribution >= 0.6 is 11.3 Å². The molecule has 26 heavy (non-hydrogen) atoms. The summed E-state index contributed by atoms with van der Waals surface area (Å²) >= 11 is 1.53. The second-order valence-electron chi connectivity index (χ2n) is 5.55. The fourth-order valence-corrected chi connectivity index (χ4v) is 3.06. The van der Waals surface area contributed by atoms with Crippen LogP contribution in [0.3, 0.4) is 0 Å². The van der Waals surface area contributed by atoms with Crippen LogP contribution in [-0.4, -0.2) is 28.1 Å². The summed E-state index contributed by atoms with van der Waals surface area (Å²) in [7, 11) is 1.56. The first-order valence-electron chi connectivity index (χ1n) is 7.81. The van der Waals surface area contributed by atoms with Gasteiger partial charge in [0.25, 0.3) is 11.5 Å². The molecule has 8 heteroatoms. The Morgan fingerprint density at radius 1 is 1.35 bits per heavy atom. The van der Waals surface area contributed by atoms with Gasteiger partial charge in [-0.15, -0.1) is 0 Å². The van der Waals surface area contributed by atoms with Crippen molar-refractivity contribution >= 4 is 17.2 Å². The number of aromatic hydroxyl groups is 1. The Hall–Kier alpha value is -3.13. The molecule has 0 spiro atoms. The maximum atomic E-state index is 12.4. The fourth-order valence-electron chi connectivity index (χ4n) is 2.39. The van der Waals surface area contributed by atoms with Crippen LogP contribution in [0, 0.1) is 0 Å². The van der Waals surface area contributed by atoms with Crippen molar-refractivity contribution in [3.05, 3.63) is 74.1 Å². The molecule has 0 radical (unpaired) electrons. The summed E-state index contributed by atoms with van der Waals surface area (Å²) in [5.74, 6) is -0.324. The number of carbonyl (C=O) groups is 1. The van der Waals surface area contributed by atoms with Crippen LogP contribution < -0.4 is 15.6 Å². The van der Waals surface area contributed by atoms with E-state index in [0.717, 1.165) is 11.1 Å². The van der Waals surface area contributed by atoms with Crippen LogP contribution in [0.5, 0.6) is 11.5 Å². The second-order valence-corrected chi connectivity index (χ2v) is 6.33. The molecule has 0 fully saturated rings. The highest BCUT2D eigenvalue weighted by Crippen LogP contribution is 2.14. The highest BCUT2D eigenvalue weighted by Gasteiger charge is 2.18. The second kappa shape index (κ2) is 7.83. The zero-order valence-electron chi connectivity index (χ0n) is 14.0. The quantitative estimate of drug-likeness (QED) is 0.615. The number of hydrogen-bond donors (Lipinski definition) is 3. The molecule has 0 saturated carbocycles. The maximum Gasteiger partial charge on any atom is 0.293 e. The van der Waals surface area contributed by atoms with Crippen molar-refractivity contribution in [1.82, 2.24) is 15.3 Å². The lowest BCUT2D eigenvalue weighted by Crippen LogP contribution is -2.27. The standard InChI is InChI=1S/C18H17N3O4S/c1-25-13-4-2-3-11(7-13)9-19-17(23)15-16(22)18(24)21-14(20-15)8-12-5-6-26-10-12/h2-7,10,22H,8-9H2,1H3,(H,19,23)(H,20,21,24). The molecule has 0 aliphatic carbocycles. The minimum absolute atomic E-state index is 0.212. The number of methoxy groups -OCH3 is 1. The predicted molar refractivity (Wildman–Crippen MR) is 97.8 cm³/mol. The molecule has 2 aromatic heterocycles. The minimum Gasteiger partial charge on any atom is -0.501 e. The zero-order chi connectivity index (χ0) is 18.5. The van der Waals surface area contributed by atoms with Crippen molar-refractivity contribution in [3.63, 3.8) is 0 Å². The Labute approximate surface area is 153 Å². The Balaban J connectivity index is 1.77. The molecule has 0 aliphatic rings. The van der Waals surface area contributed by atoms with Crippen molar-refractivity contribution < 1.29 is 14.6 Å². The number of thiophene rings is 1. The van der Waals surface area contributed by atoms with Crippen molar-refractivity contribution in [2.24, 2.45) is 0 Å². The largest absolute Gasteiger partial charge is 0.501 e.